The lowest BCUT2D eigenvalue weighted by Gasteiger charge is -2.25. The summed E-state index contributed by atoms with van der Waals surface area (Å²) in [4.78, 5) is 22.7. The molecule has 0 aromatic heterocycles. The molecule has 7 heteroatoms. The van der Waals surface area contributed by atoms with Crippen LogP contribution >= 0.6 is 0 Å². The van der Waals surface area contributed by atoms with Gasteiger partial charge in [-0.25, -0.2) is 0 Å². The van der Waals surface area contributed by atoms with E-state index in [-0.39, 0.29) is 19.1 Å². The molecule has 0 heterocycles. The Labute approximate surface area is 151 Å². The van der Waals surface area contributed by atoms with Gasteiger partial charge in [0.15, 0.2) is 12.4 Å². The number of esters is 1. The molecule has 0 aliphatic rings. The standard InChI is InChI=1S/C18H34O7/c1-2-3-4-5-6-7-8-9-10-11-16(22)25-15(13-20)18(24)17(23)14(21)12-19/h13-15,17-19,21,23-24H,2-12H2,1H3/t14-,15+,17-,18-/m1/s1/i7D/t7?,14-,15+,17-,18-. The van der Waals surface area contributed by atoms with E-state index in [0.717, 1.165) is 25.7 Å². The first-order chi connectivity index (χ1) is 12.4. The Hall–Kier alpha value is -1.02. The van der Waals surface area contributed by atoms with Crippen LogP contribution in [0.15, 0.2) is 0 Å². The minimum atomic E-state index is -1.82. The molecule has 0 saturated carbocycles. The van der Waals surface area contributed by atoms with Crippen molar-refractivity contribution in [3.8, 4) is 0 Å². The van der Waals surface area contributed by atoms with Crippen molar-refractivity contribution in [3.05, 3.63) is 0 Å². The van der Waals surface area contributed by atoms with Gasteiger partial charge in [-0.05, 0) is 6.42 Å². The number of ether oxygens (including phenoxy) is 1. The molecule has 1 unspecified atom stereocenters. The van der Waals surface area contributed by atoms with Gasteiger partial charge in [-0.15, -0.1) is 0 Å². The zero-order valence-electron chi connectivity index (χ0n) is 16.0. The highest BCUT2D eigenvalue weighted by molar-refractivity contribution is 5.72. The maximum Gasteiger partial charge on any atom is 0.306 e. The summed E-state index contributed by atoms with van der Waals surface area (Å²) in [5.41, 5.74) is 0. The quantitative estimate of drug-likeness (QED) is 0.184. The Morgan fingerprint density at radius 3 is 2.20 bits per heavy atom. The van der Waals surface area contributed by atoms with Crippen LogP contribution in [0.2, 0.25) is 0 Å². The summed E-state index contributed by atoms with van der Waals surface area (Å²) in [6, 6.07) is 0. The molecule has 0 aliphatic carbocycles. The molecule has 7 nitrogen and oxygen atoms in total. The second kappa shape index (κ2) is 15.3. The zero-order chi connectivity index (χ0) is 19.9. The van der Waals surface area contributed by atoms with Gasteiger partial charge in [0, 0.05) is 7.79 Å². The molecule has 0 rings (SSSR count). The largest absolute Gasteiger partial charge is 0.452 e. The van der Waals surface area contributed by atoms with Gasteiger partial charge < -0.3 is 25.2 Å². The molecular formula is C18H34O7. The fraction of sp³-hybridized carbons (Fsp3) is 0.889. The summed E-state index contributed by atoms with van der Waals surface area (Å²) in [5.74, 6) is -0.698. The first-order valence-electron chi connectivity index (χ1n) is 9.67. The van der Waals surface area contributed by atoms with Gasteiger partial charge in [0.05, 0.1) is 6.61 Å². The second-order valence-corrected chi connectivity index (χ2v) is 6.21. The number of aliphatic hydroxyl groups excluding tert-OH is 4. The molecule has 0 aromatic rings. The van der Waals surface area contributed by atoms with E-state index in [0.29, 0.717) is 19.3 Å². The van der Waals surface area contributed by atoms with E-state index in [1.165, 1.54) is 6.42 Å². The molecule has 148 valence electrons. The van der Waals surface area contributed by atoms with Crippen LogP contribution in [0.1, 0.15) is 72.5 Å². The van der Waals surface area contributed by atoms with Crippen molar-refractivity contribution in [2.75, 3.05) is 6.61 Å². The average molecular weight is 363 g/mol. The number of carbonyl (C=O) groups excluding carboxylic acids is 2. The number of unbranched alkanes of at least 4 members (excludes halogenated alkanes) is 4. The van der Waals surface area contributed by atoms with Crippen LogP contribution in [0.4, 0.5) is 0 Å². The Kier molecular flexibility index (Phi) is 13.4. The molecule has 0 aliphatic heterocycles. The summed E-state index contributed by atoms with van der Waals surface area (Å²) < 4.78 is 12.8. The Bertz CT molecular complexity index is 381. The van der Waals surface area contributed by atoms with E-state index < -0.39 is 37.0 Å². The highest BCUT2D eigenvalue weighted by Gasteiger charge is 2.33. The minimum absolute atomic E-state index is 0.0399. The number of rotatable bonds is 16. The SMILES string of the molecule is [2H]C(CCCCCC)CCCCC(=O)O[C@@H](C=O)[C@@H](O)[C@H](O)[C@H](O)CO. The average Bonchev–Trinajstić information content (AvgIpc) is 2.64. The van der Waals surface area contributed by atoms with E-state index in [1.807, 2.05) is 0 Å². The fourth-order valence-electron chi connectivity index (χ4n) is 2.34. The molecule has 25 heavy (non-hydrogen) atoms. The maximum atomic E-state index is 11.7. The Morgan fingerprint density at radius 2 is 1.64 bits per heavy atom. The predicted molar refractivity (Wildman–Crippen MR) is 92.9 cm³/mol. The van der Waals surface area contributed by atoms with Crippen LogP contribution in [0.5, 0.6) is 0 Å². The number of hydrogen-bond donors (Lipinski definition) is 4. The number of aliphatic hydroxyl groups is 4. The van der Waals surface area contributed by atoms with E-state index in [4.69, 9.17) is 11.2 Å². The van der Waals surface area contributed by atoms with Crippen molar-refractivity contribution >= 4 is 12.3 Å². The van der Waals surface area contributed by atoms with Gasteiger partial charge in [0.25, 0.3) is 0 Å². The lowest BCUT2D eigenvalue weighted by molar-refractivity contribution is -0.168. The molecule has 0 bridgehead atoms. The predicted octanol–water partition coefficient (Wildman–Crippen LogP) is 1.09. The van der Waals surface area contributed by atoms with Crippen molar-refractivity contribution in [3.63, 3.8) is 0 Å². The fourth-order valence-corrected chi connectivity index (χ4v) is 2.34. The Morgan fingerprint density at radius 1 is 1.04 bits per heavy atom. The number of hydrogen-bond acceptors (Lipinski definition) is 7. The van der Waals surface area contributed by atoms with Crippen molar-refractivity contribution in [2.45, 2.75) is 95.5 Å². The summed E-state index contributed by atoms with van der Waals surface area (Å²) >= 11 is 0. The van der Waals surface area contributed by atoms with Gasteiger partial charge in [0.2, 0.25) is 0 Å². The first kappa shape index (κ1) is 22.0. The normalized spacial score (nSPS) is 17.9. The molecular weight excluding hydrogens is 328 g/mol. The third kappa shape index (κ3) is 11.3. The van der Waals surface area contributed by atoms with Crippen molar-refractivity contribution in [2.24, 2.45) is 0 Å². The number of carbonyl (C=O) groups is 2. The van der Waals surface area contributed by atoms with E-state index in [1.54, 1.807) is 0 Å². The van der Waals surface area contributed by atoms with Crippen molar-refractivity contribution in [1.29, 1.82) is 0 Å². The zero-order valence-corrected chi connectivity index (χ0v) is 15.0. The first-order valence-corrected chi connectivity index (χ1v) is 9.09. The monoisotopic (exact) mass is 363 g/mol. The Balaban J connectivity index is 4.03. The molecule has 0 amide bonds. The molecule has 0 fully saturated rings. The molecule has 0 radical (unpaired) electrons. The van der Waals surface area contributed by atoms with E-state index in [2.05, 4.69) is 6.92 Å². The number of aldehydes is 1. The van der Waals surface area contributed by atoms with Gasteiger partial charge in [0.1, 0.15) is 18.3 Å². The van der Waals surface area contributed by atoms with E-state index >= 15 is 0 Å². The van der Waals surface area contributed by atoms with Crippen molar-refractivity contribution in [1.82, 2.24) is 0 Å². The molecule has 0 saturated heterocycles. The van der Waals surface area contributed by atoms with Crippen LogP contribution in [0.25, 0.3) is 0 Å². The summed E-state index contributed by atoms with van der Waals surface area (Å²) in [7, 11) is 0. The second-order valence-electron chi connectivity index (χ2n) is 6.21. The maximum absolute atomic E-state index is 11.7. The third-order valence-electron chi connectivity index (χ3n) is 3.97. The van der Waals surface area contributed by atoms with Crippen LogP contribution < -0.4 is 0 Å². The van der Waals surface area contributed by atoms with Gasteiger partial charge in [-0.3, -0.25) is 9.59 Å². The molecule has 0 aromatic carbocycles. The van der Waals surface area contributed by atoms with E-state index in [9.17, 15) is 24.9 Å². The van der Waals surface area contributed by atoms with Crippen LogP contribution in [0.3, 0.4) is 0 Å². The van der Waals surface area contributed by atoms with Gasteiger partial charge in [-0.2, -0.15) is 0 Å². The van der Waals surface area contributed by atoms with Gasteiger partial charge >= 0.3 is 5.97 Å². The van der Waals surface area contributed by atoms with Gasteiger partial charge in [-0.1, -0.05) is 58.3 Å². The van der Waals surface area contributed by atoms with Crippen LogP contribution in [-0.4, -0.2) is 63.7 Å². The molecule has 0 spiro atoms. The minimum Gasteiger partial charge on any atom is -0.452 e. The molecule has 4 N–H and O–H groups in total. The summed E-state index contributed by atoms with van der Waals surface area (Å²) in [6.45, 7) is 1.34. The lowest BCUT2D eigenvalue weighted by Crippen LogP contribution is -2.48. The highest BCUT2D eigenvalue weighted by atomic mass is 16.6. The van der Waals surface area contributed by atoms with Crippen LogP contribution in [-0.2, 0) is 14.3 Å². The summed E-state index contributed by atoms with van der Waals surface area (Å²) in [6.07, 6.45) is 0.489. The van der Waals surface area contributed by atoms with Crippen LogP contribution in [0, 0.1) is 0 Å². The lowest BCUT2D eigenvalue weighted by atomic mass is 10.0. The highest BCUT2D eigenvalue weighted by Crippen LogP contribution is 2.12. The summed E-state index contributed by atoms with van der Waals surface area (Å²) in [5, 5.41) is 37.3. The molecule has 5 atom stereocenters. The topological polar surface area (TPSA) is 124 Å². The van der Waals surface area contributed by atoms with Crippen molar-refractivity contribution < 1.29 is 36.1 Å². The smallest absolute Gasteiger partial charge is 0.306 e. The third-order valence-corrected chi connectivity index (χ3v) is 3.97.